The minimum Gasteiger partial charge on any atom is -0.399 e. The van der Waals surface area contributed by atoms with Crippen LogP contribution < -0.4 is 11.5 Å². The van der Waals surface area contributed by atoms with E-state index < -0.39 is 0 Å². The summed E-state index contributed by atoms with van der Waals surface area (Å²) < 4.78 is 1.98. The predicted molar refractivity (Wildman–Crippen MR) is 76.8 cm³/mol. The Morgan fingerprint density at radius 1 is 1.44 bits per heavy atom. The van der Waals surface area contributed by atoms with Gasteiger partial charge >= 0.3 is 0 Å². The lowest BCUT2D eigenvalue weighted by Crippen LogP contribution is -2.01. The SMILES string of the molecule is C=C(N)c1ccc2c(c1)nc(N)n2C/C=C/CC. The van der Waals surface area contributed by atoms with Crippen LogP contribution in [0.5, 0.6) is 0 Å². The molecule has 0 saturated heterocycles. The number of anilines is 1. The summed E-state index contributed by atoms with van der Waals surface area (Å²) in [5.41, 5.74) is 14.9. The summed E-state index contributed by atoms with van der Waals surface area (Å²) in [6.45, 7) is 6.56. The Balaban J connectivity index is 2.45. The van der Waals surface area contributed by atoms with Crippen LogP contribution >= 0.6 is 0 Å². The van der Waals surface area contributed by atoms with Crippen LogP contribution in [-0.4, -0.2) is 9.55 Å². The molecule has 0 aliphatic carbocycles. The number of imidazole rings is 1. The summed E-state index contributed by atoms with van der Waals surface area (Å²) in [5.74, 6) is 0.519. The maximum atomic E-state index is 5.93. The number of nitrogens with zero attached hydrogens (tertiary/aromatic N) is 2. The lowest BCUT2D eigenvalue weighted by Gasteiger charge is -2.03. The second kappa shape index (κ2) is 4.96. The molecule has 4 nitrogen and oxygen atoms in total. The van der Waals surface area contributed by atoms with E-state index in [1.165, 1.54) is 0 Å². The van der Waals surface area contributed by atoms with Gasteiger partial charge in [-0.05, 0) is 24.1 Å². The number of nitrogens with two attached hydrogens (primary N) is 2. The van der Waals surface area contributed by atoms with Crippen molar-refractivity contribution < 1.29 is 0 Å². The third-order valence-corrected chi connectivity index (χ3v) is 2.84. The van der Waals surface area contributed by atoms with E-state index in [2.05, 4.69) is 30.6 Å². The van der Waals surface area contributed by atoms with Crippen molar-refractivity contribution in [2.45, 2.75) is 19.9 Å². The molecular weight excluding hydrogens is 224 g/mol. The number of fused-ring (bicyclic) bond motifs is 1. The highest BCUT2D eigenvalue weighted by Crippen LogP contribution is 2.21. The first kappa shape index (κ1) is 12.2. The molecule has 0 bridgehead atoms. The van der Waals surface area contributed by atoms with Crippen LogP contribution in [0.4, 0.5) is 5.95 Å². The molecule has 0 aliphatic heterocycles. The smallest absolute Gasteiger partial charge is 0.201 e. The molecule has 0 atom stereocenters. The summed E-state index contributed by atoms with van der Waals surface area (Å²) in [7, 11) is 0. The van der Waals surface area contributed by atoms with Gasteiger partial charge in [-0.2, -0.15) is 0 Å². The van der Waals surface area contributed by atoms with Gasteiger partial charge in [-0.3, -0.25) is 0 Å². The summed E-state index contributed by atoms with van der Waals surface area (Å²) in [5, 5.41) is 0. The topological polar surface area (TPSA) is 69.9 Å². The van der Waals surface area contributed by atoms with E-state index >= 15 is 0 Å². The molecule has 0 radical (unpaired) electrons. The summed E-state index contributed by atoms with van der Waals surface area (Å²) >= 11 is 0. The first-order valence-corrected chi connectivity index (χ1v) is 5.99. The Morgan fingerprint density at radius 3 is 2.89 bits per heavy atom. The lowest BCUT2D eigenvalue weighted by atomic mass is 10.1. The predicted octanol–water partition coefficient (Wildman–Crippen LogP) is 2.51. The molecule has 0 fully saturated rings. The highest BCUT2D eigenvalue weighted by atomic mass is 15.1. The van der Waals surface area contributed by atoms with Gasteiger partial charge < -0.3 is 16.0 Å². The van der Waals surface area contributed by atoms with Crippen molar-refractivity contribution in [3.8, 4) is 0 Å². The van der Waals surface area contributed by atoms with Crippen molar-refractivity contribution in [3.05, 3.63) is 42.5 Å². The fourth-order valence-corrected chi connectivity index (χ4v) is 1.89. The van der Waals surface area contributed by atoms with Gasteiger partial charge in [0.25, 0.3) is 0 Å². The van der Waals surface area contributed by atoms with Crippen LogP contribution in [0.1, 0.15) is 18.9 Å². The van der Waals surface area contributed by atoms with Crippen LogP contribution in [0.15, 0.2) is 36.9 Å². The molecule has 0 spiro atoms. The largest absolute Gasteiger partial charge is 0.399 e. The van der Waals surface area contributed by atoms with Crippen molar-refractivity contribution in [2.24, 2.45) is 5.73 Å². The van der Waals surface area contributed by atoms with Gasteiger partial charge in [-0.1, -0.05) is 31.7 Å². The van der Waals surface area contributed by atoms with Crippen molar-refractivity contribution in [1.82, 2.24) is 9.55 Å². The molecule has 2 aromatic rings. The number of hydrogen-bond donors (Lipinski definition) is 2. The molecule has 2 rings (SSSR count). The molecule has 0 aliphatic rings. The Hall–Kier alpha value is -2.23. The molecular formula is C14H18N4. The van der Waals surface area contributed by atoms with Gasteiger partial charge in [0.05, 0.1) is 11.0 Å². The van der Waals surface area contributed by atoms with Crippen LogP contribution in [0.2, 0.25) is 0 Å². The van der Waals surface area contributed by atoms with Gasteiger partial charge in [0.2, 0.25) is 5.95 Å². The average molecular weight is 242 g/mol. The summed E-state index contributed by atoms with van der Waals surface area (Å²) in [6, 6.07) is 5.83. The number of aromatic nitrogens is 2. The second-order valence-electron chi connectivity index (χ2n) is 4.19. The molecule has 1 heterocycles. The molecule has 18 heavy (non-hydrogen) atoms. The van der Waals surface area contributed by atoms with Crippen LogP contribution in [0.3, 0.4) is 0 Å². The first-order chi connectivity index (χ1) is 8.63. The molecule has 0 saturated carbocycles. The fourth-order valence-electron chi connectivity index (χ4n) is 1.89. The summed E-state index contributed by atoms with van der Waals surface area (Å²) in [6.07, 6.45) is 5.22. The monoisotopic (exact) mass is 242 g/mol. The number of hydrogen-bond acceptors (Lipinski definition) is 3. The minimum absolute atomic E-state index is 0.519. The van der Waals surface area contributed by atoms with E-state index in [0.29, 0.717) is 11.6 Å². The lowest BCUT2D eigenvalue weighted by molar-refractivity contribution is 0.860. The quantitative estimate of drug-likeness (QED) is 0.809. The Morgan fingerprint density at radius 2 is 2.22 bits per heavy atom. The highest BCUT2D eigenvalue weighted by molar-refractivity contribution is 5.82. The fraction of sp³-hybridized carbons (Fsp3) is 0.214. The third kappa shape index (κ3) is 2.22. The van der Waals surface area contributed by atoms with Gasteiger partial charge in [-0.15, -0.1) is 0 Å². The Labute approximate surface area is 107 Å². The van der Waals surface area contributed by atoms with Gasteiger partial charge in [0.15, 0.2) is 0 Å². The molecule has 1 aromatic heterocycles. The van der Waals surface area contributed by atoms with Crippen molar-refractivity contribution in [3.63, 3.8) is 0 Å². The zero-order chi connectivity index (χ0) is 13.1. The molecule has 4 heteroatoms. The van der Waals surface area contributed by atoms with E-state index in [4.69, 9.17) is 11.5 Å². The third-order valence-electron chi connectivity index (χ3n) is 2.84. The van der Waals surface area contributed by atoms with E-state index in [9.17, 15) is 0 Å². The maximum absolute atomic E-state index is 5.93. The van der Waals surface area contributed by atoms with Gasteiger partial charge in [0.1, 0.15) is 0 Å². The van der Waals surface area contributed by atoms with E-state index in [1.54, 1.807) is 0 Å². The van der Waals surface area contributed by atoms with Crippen molar-refractivity contribution >= 4 is 22.7 Å². The van der Waals surface area contributed by atoms with Gasteiger partial charge in [-0.25, -0.2) is 4.98 Å². The standard InChI is InChI=1S/C14H18N4/c1-3-4-5-8-18-13-7-6-11(10(2)15)9-12(13)17-14(18)16/h4-7,9H,2-3,8,15H2,1H3,(H2,16,17)/b5-4+. The number of allylic oxidation sites excluding steroid dienone is 2. The second-order valence-corrected chi connectivity index (χ2v) is 4.19. The average Bonchev–Trinajstić information content (AvgIpc) is 2.65. The molecule has 0 amide bonds. The number of nitrogen functional groups attached to an aromatic ring is 1. The number of benzene rings is 1. The van der Waals surface area contributed by atoms with E-state index in [-0.39, 0.29) is 0 Å². The van der Waals surface area contributed by atoms with Crippen LogP contribution in [0.25, 0.3) is 16.7 Å². The van der Waals surface area contributed by atoms with E-state index in [0.717, 1.165) is 29.6 Å². The minimum atomic E-state index is 0.519. The van der Waals surface area contributed by atoms with Crippen molar-refractivity contribution in [1.29, 1.82) is 0 Å². The van der Waals surface area contributed by atoms with E-state index in [1.807, 2.05) is 22.8 Å². The maximum Gasteiger partial charge on any atom is 0.201 e. The normalized spacial score (nSPS) is 11.4. The number of rotatable bonds is 4. The van der Waals surface area contributed by atoms with Crippen molar-refractivity contribution in [2.75, 3.05) is 5.73 Å². The molecule has 4 N–H and O–H groups in total. The molecule has 1 aromatic carbocycles. The zero-order valence-electron chi connectivity index (χ0n) is 10.6. The summed E-state index contributed by atoms with van der Waals surface area (Å²) in [4.78, 5) is 4.35. The van der Waals surface area contributed by atoms with Gasteiger partial charge in [0, 0.05) is 12.2 Å². The zero-order valence-corrected chi connectivity index (χ0v) is 10.6. The Bertz CT molecular complexity index is 608. The molecule has 0 unspecified atom stereocenters. The molecule has 94 valence electrons. The van der Waals surface area contributed by atoms with Crippen LogP contribution in [0, 0.1) is 0 Å². The Kier molecular flexibility index (Phi) is 3.37. The first-order valence-electron chi connectivity index (χ1n) is 5.99. The van der Waals surface area contributed by atoms with Crippen LogP contribution in [-0.2, 0) is 6.54 Å². The highest BCUT2D eigenvalue weighted by Gasteiger charge is 2.07.